The van der Waals surface area contributed by atoms with E-state index in [1.54, 1.807) is 11.3 Å². The lowest BCUT2D eigenvalue weighted by Gasteiger charge is -2.31. The van der Waals surface area contributed by atoms with E-state index >= 15 is 0 Å². The Hall–Kier alpha value is -1.14. The van der Waals surface area contributed by atoms with Crippen LogP contribution in [0.2, 0.25) is 0 Å². The molecule has 6 heteroatoms. The first-order chi connectivity index (χ1) is 13.0. The Balaban J connectivity index is 2.01. The van der Waals surface area contributed by atoms with Crippen molar-refractivity contribution >= 4 is 38.9 Å². The summed E-state index contributed by atoms with van der Waals surface area (Å²) in [5.74, 6) is 0.0863. The molecule has 0 amide bonds. The Morgan fingerprint density at radius 1 is 1.36 bits per heavy atom. The zero-order valence-corrected chi connectivity index (χ0v) is 20.2. The van der Waals surface area contributed by atoms with Crippen molar-refractivity contribution < 1.29 is 9.53 Å². The van der Waals surface area contributed by atoms with Crippen molar-refractivity contribution in [3.05, 3.63) is 32.1 Å². The molecule has 2 saturated carbocycles. The maximum Gasteiger partial charge on any atom is 0.334 e. The summed E-state index contributed by atoms with van der Waals surface area (Å²) in [6, 6.07) is 2.14. The first-order valence-electron chi connectivity index (χ1n) is 10.1. The Morgan fingerprint density at radius 2 is 2.00 bits per heavy atom. The minimum absolute atomic E-state index is 0.161. The first-order valence-corrected chi connectivity index (χ1v) is 11.7. The highest BCUT2D eigenvalue weighted by Crippen LogP contribution is 2.46. The molecule has 0 unspecified atom stereocenters. The molecule has 3 rings (SSSR count). The highest BCUT2D eigenvalue weighted by molar-refractivity contribution is 9.11. The molecule has 0 aromatic carbocycles. The average Bonchev–Trinajstić information content (AvgIpc) is 3.25. The van der Waals surface area contributed by atoms with Crippen LogP contribution in [-0.2, 0) is 9.53 Å². The fourth-order valence-corrected chi connectivity index (χ4v) is 4.95. The topological polar surface area (TPSA) is 41.9 Å². The van der Waals surface area contributed by atoms with Gasteiger partial charge in [0.15, 0.2) is 5.54 Å². The third kappa shape index (κ3) is 4.70. The molecule has 2 aliphatic rings. The quantitative estimate of drug-likeness (QED) is 0.275. The lowest BCUT2D eigenvalue weighted by atomic mass is 9.93. The summed E-state index contributed by atoms with van der Waals surface area (Å²) in [4.78, 5) is 14.3. The molecule has 1 heterocycles. The van der Waals surface area contributed by atoms with Gasteiger partial charge in [-0.25, -0.2) is 4.79 Å². The summed E-state index contributed by atoms with van der Waals surface area (Å²) >= 11 is 5.32. The number of hydrazone groups is 1. The number of nitrogens with zero attached hydrogens (tertiary/aromatic N) is 2. The number of hydrogen-bond acceptors (Lipinski definition) is 5. The van der Waals surface area contributed by atoms with Crippen molar-refractivity contribution in [1.29, 1.82) is 0 Å². The van der Waals surface area contributed by atoms with Gasteiger partial charge in [-0.05, 0) is 87.7 Å². The molecule has 2 aliphatic carbocycles. The van der Waals surface area contributed by atoms with Crippen LogP contribution in [0.25, 0.3) is 0 Å². The van der Waals surface area contributed by atoms with Crippen LogP contribution in [-0.4, -0.2) is 27.8 Å². The van der Waals surface area contributed by atoms with Gasteiger partial charge in [-0.2, -0.15) is 5.10 Å². The second kappa shape index (κ2) is 7.94. The van der Waals surface area contributed by atoms with Crippen molar-refractivity contribution in [2.24, 2.45) is 11.0 Å². The van der Waals surface area contributed by atoms with Gasteiger partial charge in [-0.15, -0.1) is 11.3 Å². The second-order valence-electron chi connectivity index (χ2n) is 9.18. The zero-order valence-electron chi connectivity index (χ0n) is 17.8. The fraction of sp³-hybridized carbons (Fsp3) is 0.636. The lowest BCUT2D eigenvalue weighted by molar-refractivity contribution is -0.162. The third-order valence-corrected chi connectivity index (χ3v) is 6.72. The largest absolute Gasteiger partial charge is 0.458 e. The molecule has 4 nitrogen and oxygen atoms in total. The summed E-state index contributed by atoms with van der Waals surface area (Å²) < 4.78 is 6.87. The van der Waals surface area contributed by atoms with E-state index in [2.05, 4.69) is 49.0 Å². The highest BCUT2D eigenvalue weighted by atomic mass is 79.9. The van der Waals surface area contributed by atoms with Crippen molar-refractivity contribution in [2.45, 2.75) is 84.8 Å². The van der Waals surface area contributed by atoms with E-state index in [1.165, 1.54) is 16.9 Å². The average molecular weight is 467 g/mol. The van der Waals surface area contributed by atoms with Crippen LogP contribution in [0.1, 0.15) is 77.2 Å². The Bertz CT molecular complexity index is 807. The van der Waals surface area contributed by atoms with Gasteiger partial charge in [0.1, 0.15) is 5.60 Å². The van der Waals surface area contributed by atoms with E-state index in [1.807, 2.05) is 25.8 Å². The van der Waals surface area contributed by atoms with Gasteiger partial charge in [0.25, 0.3) is 0 Å². The maximum atomic E-state index is 13.1. The first kappa shape index (κ1) is 21.6. The van der Waals surface area contributed by atoms with Gasteiger partial charge in [0.2, 0.25) is 0 Å². The standard InChI is InChI=1S/C22H31BrN2O2S/c1-14(2)19(17-12-18(23)28-15(17)3)24-25(13-16-8-7-9-16)22(10-11-22)20(26)27-21(4,5)6/h12-14H,7-11H2,1-6H3/b24-19-. The van der Waals surface area contributed by atoms with Crippen LogP contribution in [0.5, 0.6) is 0 Å². The third-order valence-electron chi connectivity index (χ3n) is 5.17. The number of rotatable bonds is 6. The van der Waals surface area contributed by atoms with Crippen LogP contribution in [0.4, 0.5) is 0 Å². The van der Waals surface area contributed by atoms with E-state index < -0.39 is 11.1 Å². The predicted molar refractivity (Wildman–Crippen MR) is 120 cm³/mol. The summed E-state index contributed by atoms with van der Waals surface area (Å²) in [6.45, 7) is 12.2. The number of halogens is 1. The Labute approximate surface area is 181 Å². The molecule has 0 N–H and O–H groups in total. The molecular weight excluding hydrogens is 436 g/mol. The van der Waals surface area contributed by atoms with Crippen molar-refractivity contribution in [2.75, 3.05) is 0 Å². The number of thiophene rings is 1. The molecule has 154 valence electrons. The Morgan fingerprint density at radius 3 is 2.39 bits per heavy atom. The summed E-state index contributed by atoms with van der Waals surface area (Å²) in [5, 5.41) is 7.03. The molecule has 0 bridgehead atoms. The molecule has 1 aromatic rings. The van der Waals surface area contributed by atoms with Crippen LogP contribution in [0, 0.1) is 12.8 Å². The molecule has 0 aliphatic heterocycles. The monoisotopic (exact) mass is 466 g/mol. The molecule has 0 spiro atoms. The van der Waals surface area contributed by atoms with E-state index in [0.29, 0.717) is 0 Å². The van der Waals surface area contributed by atoms with Crippen molar-refractivity contribution in [3.63, 3.8) is 0 Å². The molecule has 1 aromatic heterocycles. The highest BCUT2D eigenvalue weighted by Gasteiger charge is 2.57. The maximum absolute atomic E-state index is 13.1. The smallest absolute Gasteiger partial charge is 0.334 e. The van der Waals surface area contributed by atoms with E-state index in [4.69, 9.17) is 9.84 Å². The number of hydrogen-bond donors (Lipinski definition) is 0. The molecule has 2 fully saturated rings. The minimum atomic E-state index is -0.656. The molecule has 0 saturated heterocycles. The molecule has 28 heavy (non-hydrogen) atoms. The number of aryl methyl sites for hydroxylation is 1. The zero-order chi connectivity index (χ0) is 20.7. The molecule has 0 atom stereocenters. The Kier molecular flexibility index (Phi) is 6.12. The van der Waals surface area contributed by atoms with Crippen molar-refractivity contribution in [3.8, 4) is 0 Å². The van der Waals surface area contributed by atoms with Gasteiger partial charge in [-0.1, -0.05) is 19.4 Å². The van der Waals surface area contributed by atoms with E-state index in [9.17, 15) is 4.79 Å². The normalized spacial score (nSPS) is 18.7. The fourth-order valence-electron chi connectivity index (χ4n) is 3.25. The van der Waals surface area contributed by atoms with E-state index in [0.717, 1.165) is 40.7 Å². The number of esters is 1. The van der Waals surface area contributed by atoms with Crippen LogP contribution < -0.4 is 0 Å². The summed E-state index contributed by atoms with van der Waals surface area (Å²) in [7, 11) is 0. The number of ether oxygens (including phenoxy) is 1. The summed E-state index contributed by atoms with van der Waals surface area (Å²) in [6.07, 6.45) is 7.09. The number of carbonyl (C=O) groups is 1. The molecular formula is C22H31BrN2O2S. The van der Waals surface area contributed by atoms with Gasteiger partial charge in [-0.3, -0.25) is 5.01 Å². The predicted octanol–water partition coefficient (Wildman–Crippen LogP) is 6.42. The van der Waals surface area contributed by atoms with Crippen LogP contribution in [0.15, 0.2) is 26.7 Å². The summed E-state index contributed by atoms with van der Waals surface area (Å²) in [5.41, 5.74) is 2.39. The SMILES string of the molecule is Cc1sc(Br)cc1/C(=N\N(C=C1CCC1)C1(C(=O)OC(C)(C)C)CC1)C(C)C. The van der Waals surface area contributed by atoms with E-state index in [-0.39, 0.29) is 11.9 Å². The van der Waals surface area contributed by atoms with Crippen molar-refractivity contribution in [1.82, 2.24) is 5.01 Å². The van der Waals surface area contributed by atoms with Gasteiger partial charge >= 0.3 is 5.97 Å². The van der Waals surface area contributed by atoms with Crippen LogP contribution >= 0.6 is 27.3 Å². The van der Waals surface area contributed by atoms with Gasteiger partial charge in [0, 0.05) is 16.6 Å². The number of allylic oxidation sites excluding steroid dienone is 1. The van der Waals surface area contributed by atoms with Gasteiger partial charge in [0.05, 0.1) is 9.50 Å². The second-order valence-corrected chi connectivity index (χ2v) is 11.8. The van der Waals surface area contributed by atoms with Crippen LogP contribution in [0.3, 0.4) is 0 Å². The minimum Gasteiger partial charge on any atom is -0.458 e. The lowest BCUT2D eigenvalue weighted by Crippen LogP contribution is -2.42. The number of carbonyl (C=O) groups excluding carboxylic acids is 1. The van der Waals surface area contributed by atoms with Gasteiger partial charge < -0.3 is 4.74 Å². The molecule has 0 radical (unpaired) electrons.